The van der Waals surface area contributed by atoms with Crippen molar-refractivity contribution in [1.29, 1.82) is 0 Å². The van der Waals surface area contributed by atoms with Crippen LogP contribution in [0.4, 0.5) is 4.39 Å². The maximum atomic E-state index is 13.6. The molecular formula is C11H12ClFO2. The van der Waals surface area contributed by atoms with Gasteiger partial charge < -0.3 is 9.84 Å². The molecule has 1 aliphatic rings. The van der Waals surface area contributed by atoms with Crippen molar-refractivity contribution in [2.45, 2.75) is 25.0 Å². The highest BCUT2D eigenvalue weighted by Gasteiger charge is 2.42. The average molecular weight is 231 g/mol. The Morgan fingerprint density at radius 1 is 1.53 bits per heavy atom. The summed E-state index contributed by atoms with van der Waals surface area (Å²) < 4.78 is 18.4. The predicted molar refractivity (Wildman–Crippen MR) is 55.3 cm³/mol. The van der Waals surface area contributed by atoms with E-state index < -0.39 is 11.4 Å². The molecule has 0 bridgehead atoms. The number of benzene rings is 1. The van der Waals surface area contributed by atoms with Gasteiger partial charge in [0.25, 0.3) is 0 Å². The summed E-state index contributed by atoms with van der Waals surface area (Å²) in [6, 6.07) is 2.96. The first-order chi connectivity index (χ1) is 7.07. The van der Waals surface area contributed by atoms with Crippen molar-refractivity contribution in [3.05, 3.63) is 34.1 Å². The normalized spacial score (nSPS) is 17.9. The van der Waals surface area contributed by atoms with Gasteiger partial charge >= 0.3 is 0 Å². The Labute approximate surface area is 92.6 Å². The van der Waals surface area contributed by atoms with Gasteiger partial charge in [0, 0.05) is 17.7 Å². The van der Waals surface area contributed by atoms with Gasteiger partial charge in [-0.3, -0.25) is 0 Å². The maximum absolute atomic E-state index is 13.6. The molecule has 82 valence electrons. The van der Waals surface area contributed by atoms with E-state index in [0.29, 0.717) is 29.0 Å². The van der Waals surface area contributed by atoms with Crippen molar-refractivity contribution in [3.8, 4) is 0 Å². The molecule has 0 radical (unpaired) electrons. The third-order valence-electron chi connectivity index (χ3n) is 2.69. The smallest absolute Gasteiger partial charge is 0.130 e. The summed E-state index contributed by atoms with van der Waals surface area (Å²) in [5.41, 5.74) is 0.0489. The highest BCUT2D eigenvalue weighted by molar-refractivity contribution is 6.31. The summed E-state index contributed by atoms with van der Waals surface area (Å²) in [7, 11) is 1.48. The van der Waals surface area contributed by atoms with E-state index in [1.165, 1.54) is 13.2 Å². The van der Waals surface area contributed by atoms with E-state index in [0.717, 1.165) is 0 Å². The summed E-state index contributed by atoms with van der Waals surface area (Å²) >= 11 is 5.92. The number of rotatable bonds is 3. The molecule has 1 saturated carbocycles. The van der Waals surface area contributed by atoms with Crippen LogP contribution in [-0.4, -0.2) is 12.2 Å². The zero-order chi connectivity index (χ0) is 11.1. The molecule has 0 saturated heterocycles. The lowest BCUT2D eigenvalue weighted by Gasteiger charge is -2.12. The van der Waals surface area contributed by atoms with E-state index in [4.69, 9.17) is 16.3 Å². The van der Waals surface area contributed by atoms with Gasteiger partial charge in [0.05, 0.1) is 12.2 Å². The fourth-order valence-corrected chi connectivity index (χ4v) is 1.82. The molecule has 1 fully saturated rings. The minimum Gasteiger partial charge on any atom is -0.385 e. The molecule has 4 heteroatoms. The Balaban J connectivity index is 2.38. The molecule has 0 aliphatic heterocycles. The summed E-state index contributed by atoms with van der Waals surface area (Å²) in [5, 5.41) is 10.1. The third-order valence-corrected chi connectivity index (χ3v) is 3.03. The van der Waals surface area contributed by atoms with Crippen molar-refractivity contribution >= 4 is 11.6 Å². The number of ether oxygens (including phenoxy) is 1. The monoisotopic (exact) mass is 230 g/mol. The van der Waals surface area contributed by atoms with Crippen molar-refractivity contribution in [1.82, 2.24) is 0 Å². The zero-order valence-corrected chi connectivity index (χ0v) is 9.14. The van der Waals surface area contributed by atoms with Crippen LogP contribution >= 0.6 is 11.6 Å². The van der Waals surface area contributed by atoms with Crippen LogP contribution in [0.3, 0.4) is 0 Å². The quantitative estimate of drug-likeness (QED) is 0.865. The molecule has 0 unspecified atom stereocenters. The van der Waals surface area contributed by atoms with Gasteiger partial charge in [0.15, 0.2) is 0 Å². The van der Waals surface area contributed by atoms with Gasteiger partial charge in [-0.1, -0.05) is 11.6 Å². The van der Waals surface area contributed by atoms with Gasteiger partial charge in [-0.2, -0.15) is 0 Å². The van der Waals surface area contributed by atoms with Crippen molar-refractivity contribution < 1.29 is 14.2 Å². The topological polar surface area (TPSA) is 29.5 Å². The predicted octanol–water partition coefficient (Wildman–Crippen LogP) is 2.61. The van der Waals surface area contributed by atoms with Crippen LogP contribution < -0.4 is 0 Å². The average Bonchev–Trinajstić information content (AvgIpc) is 2.91. The van der Waals surface area contributed by atoms with Gasteiger partial charge in [0.2, 0.25) is 0 Å². The number of halogens is 2. The minimum atomic E-state index is -0.851. The molecule has 0 atom stereocenters. The number of hydrogen-bond acceptors (Lipinski definition) is 2. The summed E-state index contributed by atoms with van der Waals surface area (Å²) in [5.74, 6) is -0.417. The molecule has 0 amide bonds. The van der Waals surface area contributed by atoms with Crippen LogP contribution in [0.25, 0.3) is 0 Å². The Morgan fingerprint density at radius 3 is 2.67 bits per heavy atom. The first kappa shape index (κ1) is 10.9. The fraction of sp³-hybridized carbons (Fsp3) is 0.455. The molecule has 1 aromatic carbocycles. The highest BCUT2D eigenvalue weighted by Crippen LogP contribution is 2.46. The van der Waals surface area contributed by atoms with Gasteiger partial charge in [0.1, 0.15) is 5.82 Å². The van der Waals surface area contributed by atoms with E-state index in [2.05, 4.69) is 0 Å². The third kappa shape index (κ3) is 2.00. The van der Waals surface area contributed by atoms with Crippen LogP contribution in [0.15, 0.2) is 12.1 Å². The molecule has 2 rings (SSSR count). The summed E-state index contributed by atoms with van der Waals surface area (Å²) in [6.07, 6.45) is 1.35. The summed E-state index contributed by atoms with van der Waals surface area (Å²) in [4.78, 5) is 0. The molecule has 0 aromatic heterocycles. The lowest BCUT2D eigenvalue weighted by atomic mass is 10.1. The minimum absolute atomic E-state index is 0.142. The first-order valence-electron chi connectivity index (χ1n) is 4.76. The second kappa shape index (κ2) is 3.74. The molecule has 1 N–H and O–H groups in total. The molecule has 1 aromatic rings. The molecule has 0 spiro atoms. The molecular weight excluding hydrogens is 219 g/mol. The summed E-state index contributed by atoms with van der Waals surface area (Å²) in [6.45, 7) is 0.142. The fourth-order valence-electron chi connectivity index (χ4n) is 1.56. The SMILES string of the molecule is COCc1c(F)cc(C2(O)CC2)cc1Cl. The van der Waals surface area contributed by atoms with Crippen LogP contribution in [-0.2, 0) is 16.9 Å². The van der Waals surface area contributed by atoms with Gasteiger partial charge in [-0.25, -0.2) is 4.39 Å². The lowest BCUT2D eigenvalue weighted by molar-refractivity contribution is 0.150. The Hall–Kier alpha value is -0.640. The van der Waals surface area contributed by atoms with E-state index in [-0.39, 0.29) is 6.61 Å². The standard InChI is InChI=1S/C11H12ClFO2/c1-15-6-8-9(12)4-7(5-10(8)13)11(14)2-3-11/h4-5,14H,2-3,6H2,1H3. The van der Waals surface area contributed by atoms with Gasteiger partial charge in [-0.15, -0.1) is 0 Å². The van der Waals surface area contributed by atoms with E-state index in [1.807, 2.05) is 0 Å². The molecule has 15 heavy (non-hydrogen) atoms. The van der Waals surface area contributed by atoms with E-state index in [9.17, 15) is 9.50 Å². The zero-order valence-electron chi connectivity index (χ0n) is 8.39. The van der Waals surface area contributed by atoms with Crippen LogP contribution in [0.1, 0.15) is 24.0 Å². The highest BCUT2D eigenvalue weighted by atomic mass is 35.5. The molecule has 0 heterocycles. The Bertz CT molecular complexity index is 365. The van der Waals surface area contributed by atoms with Gasteiger partial charge in [-0.05, 0) is 30.5 Å². The van der Waals surface area contributed by atoms with Crippen molar-refractivity contribution in [2.75, 3.05) is 7.11 Å². The van der Waals surface area contributed by atoms with E-state index in [1.54, 1.807) is 6.07 Å². The van der Waals surface area contributed by atoms with Crippen LogP contribution in [0.2, 0.25) is 5.02 Å². The van der Waals surface area contributed by atoms with E-state index >= 15 is 0 Å². The molecule has 2 nitrogen and oxygen atoms in total. The lowest BCUT2D eigenvalue weighted by Crippen LogP contribution is -2.06. The maximum Gasteiger partial charge on any atom is 0.130 e. The Kier molecular flexibility index (Phi) is 2.71. The molecule has 1 aliphatic carbocycles. The Morgan fingerprint density at radius 2 is 2.20 bits per heavy atom. The van der Waals surface area contributed by atoms with Crippen LogP contribution in [0.5, 0.6) is 0 Å². The van der Waals surface area contributed by atoms with Crippen molar-refractivity contribution in [3.63, 3.8) is 0 Å². The number of methoxy groups -OCH3 is 1. The second-order valence-electron chi connectivity index (χ2n) is 3.88. The number of aliphatic hydroxyl groups is 1. The largest absolute Gasteiger partial charge is 0.385 e. The number of hydrogen-bond donors (Lipinski definition) is 1. The van der Waals surface area contributed by atoms with Crippen LogP contribution in [0, 0.1) is 5.82 Å². The first-order valence-corrected chi connectivity index (χ1v) is 5.14. The second-order valence-corrected chi connectivity index (χ2v) is 4.29. The van der Waals surface area contributed by atoms with Crippen molar-refractivity contribution in [2.24, 2.45) is 0 Å².